The van der Waals surface area contributed by atoms with E-state index in [0.717, 1.165) is 18.5 Å². The van der Waals surface area contributed by atoms with Crippen LogP contribution >= 0.6 is 0 Å². The average Bonchev–Trinajstić information content (AvgIpc) is 2.98. The molecule has 5 nitrogen and oxygen atoms in total. The van der Waals surface area contributed by atoms with Crippen molar-refractivity contribution in [2.45, 2.75) is 32.4 Å². The third kappa shape index (κ3) is 1.75. The molecular formula is C19H18N2O3. The molecule has 4 rings (SSSR count). The molecule has 5 heteroatoms. The minimum Gasteiger partial charge on any atom is -0.507 e. The molecule has 1 heterocycles. The number of hydrogen-bond acceptors (Lipinski definition) is 5. The van der Waals surface area contributed by atoms with Gasteiger partial charge in [0.2, 0.25) is 0 Å². The van der Waals surface area contributed by atoms with Crippen LogP contribution in [0.1, 0.15) is 58.5 Å². The van der Waals surface area contributed by atoms with Crippen molar-refractivity contribution in [2.24, 2.45) is 0 Å². The number of phenols is 1. The zero-order valence-corrected chi connectivity index (χ0v) is 13.6. The first kappa shape index (κ1) is 14.8. The summed E-state index contributed by atoms with van der Waals surface area (Å²) >= 11 is 0. The predicted molar refractivity (Wildman–Crippen MR) is 92.0 cm³/mol. The van der Waals surface area contributed by atoms with E-state index in [4.69, 9.17) is 0 Å². The molecule has 1 aliphatic heterocycles. The smallest absolute Gasteiger partial charge is 0.198 e. The molecule has 1 aliphatic carbocycles. The van der Waals surface area contributed by atoms with Gasteiger partial charge in [0.1, 0.15) is 11.4 Å². The molecule has 122 valence electrons. The van der Waals surface area contributed by atoms with Crippen LogP contribution in [-0.2, 0) is 0 Å². The van der Waals surface area contributed by atoms with Crippen molar-refractivity contribution in [3.8, 4) is 5.75 Å². The number of carbonyl (C=O) groups excluding carboxylic acids is 2. The molecule has 0 saturated heterocycles. The fourth-order valence-electron chi connectivity index (χ4n) is 3.63. The molecule has 3 N–H and O–H groups in total. The Morgan fingerprint density at radius 3 is 2.29 bits per heavy atom. The van der Waals surface area contributed by atoms with Crippen LogP contribution in [0.3, 0.4) is 0 Å². The van der Waals surface area contributed by atoms with E-state index >= 15 is 0 Å². The number of nitrogens with one attached hydrogen (secondary N) is 2. The molecule has 0 radical (unpaired) electrons. The van der Waals surface area contributed by atoms with Gasteiger partial charge in [-0.3, -0.25) is 9.59 Å². The number of aromatic hydroxyl groups is 1. The lowest BCUT2D eigenvalue weighted by atomic mass is 9.82. The SMILES string of the molecule is CCC1(CC)Nc2ccc3c(c2N1)C(=O)c1cccc(O)c1C3=O. The second kappa shape index (κ2) is 4.84. The second-order valence-electron chi connectivity index (χ2n) is 6.31. The van der Waals surface area contributed by atoms with Crippen molar-refractivity contribution in [2.75, 3.05) is 10.6 Å². The molecule has 2 aliphatic rings. The summed E-state index contributed by atoms with van der Waals surface area (Å²) in [4.78, 5) is 25.8. The van der Waals surface area contributed by atoms with Crippen LogP contribution in [-0.4, -0.2) is 22.3 Å². The Morgan fingerprint density at radius 2 is 1.58 bits per heavy atom. The van der Waals surface area contributed by atoms with E-state index in [1.165, 1.54) is 6.07 Å². The highest BCUT2D eigenvalue weighted by Gasteiger charge is 2.40. The second-order valence-corrected chi connectivity index (χ2v) is 6.31. The summed E-state index contributed by atoms with van der Waals surface area (Å²) in [5, 5.41) is 16.9. The zero-order chi connectivity index (χ0) is 17.1. The highest BCUT2D eigenvalue weighted by molar-refractivity contribution is 6.31. The summed E-state index contributed by atoms with van der Waals surface area (Å²) in [6, 6.07) is 8.10. The molecule has 0 fully saturated rings. The van der Waals surface area contributed by atoms with Crippen molar-refractivity contribution in [3.63, 3.8) is 0 Å². The van der Waals surface area contributed by atoms with Crippen LogP contribution in [0.5, 0.6) is 5.75 Å². The van der Waals surface area contributed by atoms with Crippen molar-refractivity contribution < 1.29 is 14.7 Å². The molecule has 0 spiro atoms. The molecule has 0 amide bonds. The predicted octanol–water partition coefficient (Wildman–Crippen LogP) is 3.52. The van der Waals surface area contributed by atoms with Crippen LogP contribution in [0.2, 0.25) is 0 Å². The number of phenolic OH excluding ortho intramolecular Hbond substituents is 1. The summed E-state index contributed by atoms with van der Waals surface area (Å²) in [7, 11) is 0. The Labute approximate surface area is 139 Å². The van der Waals surface area contributed by atoms with Crippen LogP contribution < -0.4 is 10.6 Å². The van der Waals surface area contributed by atoms with Crippen molar-refractivity contribution in [1.82, 2.24) is 0 Å². The van der Waals surface area contributed by atoms with Crippen LogP contribution in [0.25, 0.3) is 0 Å². The van der Waals surface area contributed by atoms with Gasteiger partial charge in [0, 0.05) is 11.1 Å². The molecule has 2 aromatic rings. The number of hydrogen-bond donors (Lipinski definition) is 3. The van der Waals surface area contributed by atoms with E-state index in [2.05, 4.69) is 24.5 Å². The summed E-state index contributed by atoms with van der Waals surface area (Å²) in [5.41, 5.74) is 2.30. The lowest BCUT2D eigenvalue weighted by Gasteiger charge is -2.28. The molecule has 0 atom stereocenters. The third-order valence-electron chi connectivity index (χ3n) is 5.14. The molecule has 2 aromatic carbocycles. The Morgan fingerprint density at radius 1 is 0.917 bits per heavy atom. The number of fused-ring (bicyclic) bond motifs is 4. The van der Waals surface area contributed by atoms with Crippen LogP contribution in [0.4, 0.5) is 11.4 Å². The first-order valence-electron chi connectivity index (χ1n) is 8.16. The molecule has 0 aromatic heterocycles. The van der Waals surface area contributed by atoms with Crippen LogP contribution in [0, 0.1) is 0 Å². The normalized spacial score (nSPS) is 16.8. The third-order valence-corrected chi connectivity index (χ3v) is 5.14. The van der Waals surface area contributed by atoms with Gasteiger partial charge < -0.3 is 15.7 Å². The van der Waals surface area contributed by atoms with Gasteiger partial charge in [-0.1, -0.05) is 26.0 Å². The van der Waals surface area contributed by atoms with E-state index in [9.17, 15) is 14.7 Å². The van der Waals surface area contributed by atoms with E-state index in [1.807, 2.05) is 6.07 Å². The van der Waals surface area contributed by atoms with Crippen molar-refractivity contribution >= 4 is 22.9 Å². The quantitative estimate of drug-likeness (QED) is 0.673. The average molecular weight is 322 g/mol. The Bertz CT molecular complexity index is 898. The van der Waals surface area contributed by atoms with Gasteiger partial charge in [-0.15, -0.1) is 0 Å². The number of ketones is 2. The summed E-state index contributed by atoms with van der Waals surface area (Å²) < 4.78 is 0. The largest absolute Gasteiger partial charge is 0.507 e. The van der Waals surface area contributed by atoms with Crippen LogP contribution in [0.15, 0.2) is 30.3 Å². The minimum atomic E-state index is -0.312. The van der Waals surface area contributed by atoms with Crippen molar-refractivity contribution in [3.05, 3.63) is 52.6 Å². The Hall–Kier alpha value is -2.82. The maximum atomic E-state index is 13.0. The molecular weight excluding hydrogens is 304 g/mol. The van der Waals surface area contributed by atoms with E-state index in [1.54, 1.807) is 18.2 Å². The van der Waals surface area contributed by atoms with Gasteiger partial charge in [-0.2, -0.15) is 0 Å². The standard InChI is InChI=1S/C19H18N2O3/c1-3-19(4-2)20-12-9-8-11-15(16(12)21-19)18(24)10-6-5-7-13(22)14(10)17(11)23/h5-9,20-22H,3-4H2,1-2H3. The number of carbonyl (C=O) groups is 2. The maximum Gasteiger partial charge on any atom is 0.198 e. The van der Waals surface area contributed by atoms with Crippen molar-refractivity contribution in [1.29, 1.82) is 0 Å². The van der Waals surface area contributed by atoms with Gasteiger partial charge in [0.15, 0.2) is 11.6 Å². The monoisotopic (exact) mass is 322 g/mol. The first-order chi connectivity index (χ1) is 11.5. The number of benzene rings is 2. The highest BCUT2D eigenvalue weighted by Crippen LogP contribution is 2.44. The van der Waals surface area contributed by atoms with E-state index in [-0.39, 0.29) is 34.1 Å². The Balaban J connectivity index is 1.94. The summed E-state index contributed by atoms with van der Waals surface area (Å²) in [6.07, 6.45) is 1.68. The Kier molecular flexibility index (Phi) is 2.97. The van der Waals surface area contributed by atoms with Gasteiger partial charge >= 0.3 is 0 Å². The molecule has 0 bridgehead atoms. The zero-order valence-electron chi connectivity index (χ0n) is 13.6. The summed E-state index contributed by atoms with van der Waals surface area (Å²) in [6.45, 7) is 4.14. The summed E-state index contributed by atoms with van der Waals surface area (Å²) in [5.74, 6) is -0.697. The minimum absolute atomic E-state index is 0.0955. The van der Waals surface area contributed by atoms with E-state index < -0.39 is 0 Å². The van der Waals surface area contributed by atoms with Gasteiger partial charge in [-0.05, 0) is 31.0 Å². The topological polar surface area (TPSA) is 78.4 Å². The fraction of sp³-hybridized carbons (Fsp3) is 0.263. The van der Waals surface area contributed by atoms with E-state index in [0.29, 0.717) is 16.8 Å². The lowest BCUT2D eigenvalue weighted by molar-refractivity contribution is 0.0977. The fourth-order valence-corrected chi connectivity index (χ4v) is 3.63. The molecule has 24 heavy (non-hydrogen) atoms. The number of anilines is 2. The van der Waals surface area contributed by atoms with Gasteiger partial charge in [0.05, 0.1) is 22.5 Å². The molecule has 0 unspecified atom stereocenters. The number of rotatable bonds is 2. The molecule has 0 saturated carbocycles. The highest BCUT2D eigenvalue weighted by atomic mass is 16.3. The van der Waals surface area contributed by atoms with Gasteiger partial charge in [0.25, 0.3) is 0 Å². The van der Waals surface area contributed by atoms with Gasteiger partial charge in [-0.25, -0.2) is 0 Å². The lowest BCUT2D eigenvalue weighted by Crippen LogP contribution is -2.40. The first-order valence-corrected chi connectivity index (χ1v) is 8.16. The maximum absolute atomic E-state index is 13.0.